The molecule has 0 radical (unpaired) electrons. The summed E-state index contributed by atoms with van der Waals surface area (Å²) in [5.41, 5.74) is 0. The molecule has 90 valence electrons. The van der Waals surface area contributed by atoms with Crippen LogP contribution in [-0.4, -0.2) is 36.4 Å². The number of nitrogens with zero attached hydrogens (tertiary/aromatic N) is 2. The Labute approximate surface area is 93.9 Å². The monoisotopic (exact) mass is 228 g/mol. The van der Waals surface area contributed by atoms with E-state index in [0.717, 1.165) is 0 Å². The van der Waals surface area contributed by atoms with Crippen LogP contribution in [-0.2, 0) is 15.9 Å². The molecule has 0 aliphatic rings. The molecule has 16 heavy (non-hydrogen) atoms. The highest BCUT2D eigenvalue weighted by molar-refractivity contribution is 5.84. The van der Waals surface area contributed by atoms with Gasteiger partial charge in [-0.2, -0.15) is 4.98 Å². The summed E-state index contributed by atoms with van der Waals surface area (Å²) in [6.45, 7) is 4.62. The second kappa shape index (κ2) is 6.22. The molecule has 6 nitrogen and oxygen atoms in total. The predicted octanol–water partition coefficient (Wildman–Crippen LogP) is 1.07. The minimum absolute atomic E-state index is 0.0264. The van der Waals surface area contributed by atoms with Crippen LogP contribution in [0.3, 0.4) is 0 Å². The van der Waals surface area contributed by atoms with Crippen LogP contribution in [0.15, 0.2) is 4.52 Å². The summed E-state index contributed by atoms with van der Waals surface area (Å²) in [6.07, 6.45) is 0.584. The zero-order valence-corrected chi connectivity index (χ0v) is 9.73. The predicted molar refractivity (Wildman–Crippen MR) is 55.0 cm³/mol. The van der Waals surface area contributed by atoms with Gasteiger partial charge in [0, 0.05) is 20.1 Å². The number of carbonyl (C=O) groups excluding carboxylic acids is 1. The lowest BCUT2D eigenvalue weighted by atomic mass is 10.1. The van der Waals surface area contributed by atoms with Gasteiger partial charge in [0.25, 0.3) is 5.82 Å². The number of hydrogen-bond donors (Lipinski definition) is 0. The quantitative estimate of drug-likeness (QED) is 0.678. The van der Waals surface area contributed by atoms with E-state index in [4.69, 9.17) is 14.0 Å². The second-order valence-corrected chi connectivity index (χ2v) is 3.50. The minimum Gasteiger partial charge on any atom is -0.460 e. The molecule has 1 unspecified atom stereocenters. The Balaban J connectivity index is 2.54. The lowest BCUT2D eigenvalue weighted by Crippen LogP contribution is -2.09. The van der Waals surface area contributed by atoms with Crippen LogP contribution in [0.2, 0.25) is 0 Å². The van der Waals surface area contributed by atoms with Crippen molar-refractivity contribution in [2.45, 2.75) is 20.3 Å². The highest BCUT2D eigenvalue weighted by atomic mass is 16.5. The Morgan fingerprint density at radius 3 is 2.94 bits per heavy atom. The molecule has 0 aliphatic heterocycles. The van der Waals surface area contributed by atoms with Crippen molar-refractivity contribution < 1.29 is 18.8 Å². The third kappa shape index (κ3) is 3.62. The Kier molecular flexibility index (Phi) is 4.91. The number of carbonyl (C=O) groups is 1. The van der Waals surface area contributed by atoms with E-state index < -0.39 is 5.97 Å². The summed E-state index contributed by atoms with van der Waals surface area (Å²) < 4.78 is 14.7. The van der Waals surface area contributed by atoms with Crippen molar-refractivity contribution in [3.63, 3.8) is 0 Å². The molecule has 1 rings (SSSR count). The fraction of sp³-hybridized carbons (Fsp3) is 0.700. The molecule has 0 N–H and O–H groups in total. The lowest BCUT2D eigenvalue weighted by Gasteiger charge is -2.05. The zero-order chi connectivity index (χ0) is 12.0. The second-order valence-electron chi connectivity index (χ2n) is 3.50. The standard InChI is InChI=1S/C10H16N2O4/c1-4-15-10(13)9-11-8(16-12-9)5-7(2)6-14-3/h7H,4-6H2,1-3H3. The van der Waals surface area contributed by atoms with Crippen LogP contribution < -0.4 is 0 Å². The van der Waals surface area contributed by atoms with Gasteiger partial charge in [0.1, 0.15) is 0 Å². The van der Waals surface area contributed by atoms with E-state index in [1.807, 2.05) is 6.92 Å². The highest BCUT2D eigenvalue weighted by Crippen LogP contribution is 2.07. The summed E-state index contributed by atoms with van der Waals surface area (Å²) >= 11 is 0. The molecule has 6 heteroatoms. The highest BCUT2D eigenvalue weighted by Gasteiger charge is 2.16. The van der Waals surface area contributed by atoms with Crippen LogP contribution in [0.5, 0.6) is 0 Å². The fourth-order valence-corrected chi connectivity index (χ4v) is 1.26. The molecule has 0 saturated carbocycles. The van der Waals surface area contributed by atoms with Gasteiger partial charge in [-0.15, -0.1) is 0 Å². The number of esters is 1. The van der Waals surface area contributed by atoms with Crippen molar-refractivity contribution >= 4 is 5.97 Å². The van der Waals surface area contributed by atoms with Crippen molar-refractivity contribution in [1.82, 2.24) is 10.1 Å². The van der Waals surface area contributed by atoms with E-state index in [0.29, 0.717) is 25.5 Å². The SMILES string of the molecule is CCOC(=O)c1noc(CC(C)COC)n1. The molecule has 0 aliphatic carbocycles. The van der Waals surface area contributed by atoms with Gasteiger partial charge in [0.15, 0.2) is 0 Å². The van der Waals surface area contributed by atoms with Crippen molar-refractivity contribution in [2.75, 3.05) is 20.3 Å². The Morgan fingerprint density at radius 2 is 2.31 bits per heavy atom. The van der Waals surface area contributed by atoms with E-state index in [2.05, 4.69) is 10.1 Å². The van der Waals surface area contributed by atoms with Gasteiger partial charge in [-0.1, -0.05) is 6.92 Å². The van der Waals surface area contributed by atoms with Crippen LogP contribution in [0.4, 0.5) is 0 Å². The van der Waals surface area contributed by atoms with Gasteiger partial charge in [-0.25, -0.2) is 4.79 Å². The van der Waals surface area contributed by atoms with Crippen molar-refractivity contribution in [2.24, 2.45) is 5.92 Å². The van der Waals surface area contributed by atoms with Crippen molar-refractivity contribution in [1.29, 1.82) is 0 Å². The molecule has 0 spiro atoms. The normalized spacial score (nSPS) is 12.4. The first-order chi connectivity index (χ1) is 7.67. The first-order valence-corrected chi connectivity index (χ1v) is 5.16. The average Bonchev–Trinajstić information content (AvgIpc) is 2.67. The molecule has 0 fully saturated rings. The van der Waals surface area contributed by atoms with Crippen molar-refractivity contribution in [3.05, 3.63) is 11.7 Å². The van der Waals surface area contributed by atoms with E-state index in [1.165, 1.54) is 0 Å². The van der Waals surface area contributed by atoms with E-state index in [9.17, 15) is 4.79 Å². The molecule has 1 heterocycles. The van der Waals surface area contributed by atoms with Crippen LogP contribution in [0.1, 0.15) is 30.4 Å². The maximum atomic E-state index is 11.2. The van der Waals surface area contributed by atoms with Gasteiger partial charge in [0.05, 0.1) is 6.61 Å². The molecule has 1 aromatic heterocycles. The average molecular weight is 228 g/mol. The minimum atomic E-state index is -0.558. The summed E-state index contributed by atoms with van der Waals surface area (Å²) in [4.78, 5) is 15.2. The van der Waals surface area contributed by atoms with Crippen LogP contribution in [0, 0.1) is 5.92 Å². The number of rotatable bonds is 6. The van der Waals surface area contributed by atoms with Crippen molar-refractivity contribution in [3.8, 4) is 0 Å². The first-order valence-electron chi connectivity index (χ1n) is 5.16. The molecule has 1 atom stereocenters. The molecule has 1 aromatic rings. The molecular weight excluding hydrogens is 212 g/mol. The summed E-state index contributed by atoms with van der Waals surface area (Å²) in [7, 11) is 1.63. The Bertz CT molecular complexity index is 337. The number of hydrogen-bond acceptors (Lipinski definition) is 6. The molecule has 0 saturated heterocycles. The maximum absolute atomic E-state index is 11.2. The third-order valence-corrected chi connectivity index (χ3v) is 1.90. The Hall–Kier alpha value is -1.43. The largest absolute Gasteiger partial charge is 0.460 e. The molecule has 0 bridgehead atoms. The van der Waals surface area contributed by atoms with Gasteiger partial charge in [-0.3, -0.25) is 0 Å². The van der Waals surface area contributed by atoms with E-state index in [1.54, 1.807) is 14.0 Å². The molecule has 0 aromatic carbocycles. The zero-order valence-electron chi connectivity index (χ0n) is 9.73. The third-order valence-electron chi connectivity index (χ3n) is 1.90. The summed E-state index contributed by atoms with van der Waals surface area (Å²) in [5, 5.41) is 3.55. The van der Waals surface area contributed by atoms with Crippen LogP contribution >= 0.6 is 0 Å². The maximum Gasteiger partial charge on any atom is 0.379 e. The van der Waals surface area contributed by atoms with E-state index >= 15 is 0 Å². The topological polar surface area (TPSA) is 74.5 Å². The fourth-order valence-electron chi connectivity index (χ4n) is 1.26. The Morgan fingerprint density at radius 1 is 1.56 bits per heavy atom. The van der Waals surface area contributed by atoms with Gasteiger partial charge >= 0.3 is 5.97 Å². The van der Waals surface area contributed by atoms with E-state index in [-0.39, 0.29) is 11.7 Å². The number of methoxy groups -OCH3 is 1. The summed E-state index contributed by atoms with van der Waals surface area (Å²) in [6, 6.07) is 0. The number of ether oxygens (including phenoxy) is 2. The molecular formula is C10H16N2O4. The molecule has 0 amide bonds. The summed E-state index contributed by atoms with van der Waals surface area (Å²) in [5.74, 6) is 0.103. The first kappa shape index (κ1) is 12.6. The van der Waals surface area contributed by atoms with Crippen LogP contribution in [0.25, 0.3) is 0 Å². The number of aromatic nitrogens is 2. The smallest absolute Gasteiger partial charge is 0.379 e. The van der Waals surface area contributed by atoms with Gasteiger partial charge in [-0.05, 0) is 18.0 Å². The lowest BCUT2D eigenvalue weighted by molar-refractivity contribution is 0.0508. The van der Waals surface area contributed by atoms with Gasteiger partial charge < -0.3 is 14.0 Å². The van der Waals surface area contributed by atoms with Gasteiger partial charge in [0.2, 0.25) is 5.89 Å².